The highest BCUT2D eigenvalue weighted by atomic mass is 32.2. The van der Waals surface area contributed by atoms with Crippen molar-refractivity contribution >= 4 is 28.3 Å². The molecule has 3 rings (SSSR count). The molecule has 7 nitrogen and oxygen atoms in total. The van der Waals surface area contributed by atoms with Crippen LogP contribution in [0.15, 0.2) is 41.6 Å². The lowest BCUT2D eigenvalue weighted by Gasteiger charge is -2.10. The first-order valence-corrected chi connectivity index (χ1v) is 9.59. The van der Waals surface area contributed by atoms with Gasteiger partial charge in [-0.1, -0.05) is 25.5 Å². The van der Waals surface area contributed by atoms with Gasteiger partial charge in [0.2, 0.25) is 0 Å². The third-order valence-electron chi connectivity index (χ3n) is 3.77. The van der Waals surface area contributed by atoms with Crippen molar-refractivity contribution in [3.8, 4) is 0 Å². The third kappa shape index (κ3) is 3.74. The van der Waals surface area contributed by atoms with Crippen LogP contribution in [0.3, 0.4) is 0 Å². The molecule has 2 aromatic heterocycles. The molecule has 130 valence electrons. The Labute approximate surface area is 148 Å². The third-order valence-corrected chi connectivity index (χ3v) is 4.75. The van der Waals surface area contributed by atoms with Crippen LogP contribution in [0.5, 0.6) is 0 Å². The second-order valence-electron chi connectivity index (χ2n) is 5.61. The lowest BCUT2D eigenvalue weighted by molar-refractivity contribution is 0.102. The van der Waals surface area contributed by atoms with E-state index in [0.717, 1.165) is 25.0 Å². The maximum absolute atomic E-state index is 12.7. The summed E-state index contributed by atoms with van der Waals surface area (Å²) in [6.07, 6.45) is 5.81. The minimum absolute atomic E-state index is 0.338. The highest BCUT2D eigenvalue weighted by Gasteiger charge is 2.16. The summed E-state index contributed by atoms with van der Waals surface area (Å²) in [5.74, 6) is 0.599. The molecule has 0 spiro atoms. The molecule has 3 aromatic rings. The Morgan fingerprint density at radius 3 is 2.88 bits per heavy atom. The second kappa shape index (κ2) is 7.52. The molecule has 0 fully saturated rings. The molecule has 1 amide bonds. The van der Waals surface area contributed by atoms with Crippen LogP contribution < -0.4 is 5.32 Å². The minimum Gasteiger partial charge on any atom is -0.306 e. The minimum atomic E-state index is -1.26. The van der Waals surface area contributed by atoms with E-state index in [2.05, 4.69) is 27.3 Å². The molecule has 0 aliphatic carbocycles. The molecule has 25 heavy (non-hydrogen) atoms. The summed E-state index contributed by atoms with van der Waals surface area (Å²) in [4.78, 5) is 21.8. The fourth-order valence-electron chi connectivity index (χ4n) is 2.52. The monoisotopic (exact) mass is 357 g/mol. The van der Waals surface area contributed by atoms with Gasteiger partial charge in [0.25, 0.3) is 11.7 Å². The fourth-order valence-corrected chi connectivity index (χ4v) is 3.27. The van der Waals surface area contributed by atoms with E-state index in [1.807, 2.05) is 0 Å². The number of carbonyl (C=O) groups excluding carboxylic acids is 1. The van der Waals surface area contributed by atoms with E-state index in [-0.39, 0.29) is 5.91 Å². The molecule has 1 aromatic carbocycles. The SMILES string of the molecule is CCCCc1cc(NC(=O)c2ccccc2S(C)=O)n2ncnc2n1. The normalized spacial score (nSPS) is 12.2. The number of benzene rings is 1. The van der Waals surface area contributed by atoms with Crippen molar-refractivity contribution in [1.82, 2.24) is 19.6 Å². The summed E-state index contributed by atoms with van der Waals surface area (Å²) in [5, 5.41) is 6.96. The predicted molar refractivity (Wildman–Crippen MR) is 96.1 cm³/mol. The van der Waals surface area contributed by atoms with E-state index in [4.69, 9.17) is 0 Å². The fraction of sp³-hybridized carbons (Fsp3) is 0.294. The maximum atomic E-state index is 12.7. The van der Waals surface area contributed by atoms with Crippen LogP contribution in [0.25, 0.3) is 5.78 Å². The average Bonchev–Trinajstić information content (AvgIpc) is 3.08. The van der Waals surface area contributed by atoms with Crippen molar-refractivity contribution in [3.05, 3.63) is 47.9 Å². The number of aromatic nitrogens is 4. The molecule has 2 heterocycles. The van der Waals surface area contributed by atoms with Crippen LogP contribution in [-0.4, -0.2) is 36.0 Å². The van der Waals surface area contributed by atoms with Crippen LogP contribution in [0.4, 0.5) is 5.82 Å². The zero-order valence-electron chi connectivity index (χ0n) is 14.1. The average molecular weight is 357 g/mol. The van der Waals surface area contributed by atoms with Gasteiger partial charge in [0.1, 0.15) is 12.1 Å². The number of nitrogens with one attached hydrogen (secondary N) is 1. The molecule has 8 heteroatoms. The topological polar surface area (TPSA) is 89.2 Å². The van der Waals surface area contributed by atoms with Crippen LogP contribution in [-0.2, 0) is 17.2 Å². The van der Waals surface area contributed by atoms with Crippen molar-refractivity contribution < 1.29 is 9.00 Å². The van der Waals surface area contributed by atoms with Crippen molar-refractivity contribution in [3.63, 3.8) is 0 Å². The molecular formula is C17H19N5O2S. The number of aryl methyl sites for hydroxylation is 1. The highest BCUT2D eigenvalue weighted by Crippen LogP contribution is 2.17. The number of rotatable bonds is 6. The van der Waals surface area contributed by atoms with Crippen molar-refractivity contribution in [2.24, 2.45) is 0 Å². The molecule has 1 unspecified atom stereocenters. The summed E-state index contributed by atoms with van der Waals surface area (Å²) in [6.45, 7) is 2.11. The summed E-state index contributed by atoms with van der Waals surface area (Å²) >= 11 is 0. The zero-order chi connectivity index (χ0) is 17.8. The smallest absolute Gasteiger partial charge is 0.258 e. The van der Waals surface area contributed by atoms with E-state index >= 15 is 0 Å². The predicted octanol–water partition coefficient (Wildman–Crippen LogP) is 2.46. The Bertz CT molecular complexity index is 938. The van der Waals surface area contributed by atoms with Gasteiger partial charge >= 0.3 is 0 Å². The molecule has 0 saturated heterocycles. The number of nitrogens with zero attached hydrogens (tertiary/aromatic N) is 4. The van der Waals surface area contributed by atoms with Crippen LogP contribution in [0.2, 0.25) is 0 Å². The maximum Gasteiger partial charge on any atom is 0.258 e. The molecule has 0 aliphatic rings. The summed E-state index contributed by atoms with van der Waals surface area (Å²) in [5.41, 5.74) is 1.23. The van der Waals surface area contributed by atoms with E-state index in [9.17, 15) is 9.00 Å². The molecule has 0 bridgehead atoms. The zero-order valence-corrected chi connectivity index (χ0v) is 14.9. The number of unbranched alkanes of at least 4 members (excludes halogenated alkanes) is 1. The number of hydrogen-bond acceptors (Lipinski definition) is 5. The van der Waals surface area contributed by atoms with Gasteiger partial charge in [-0.2, -0.15) is 14.6 Å². The number of amides is 1. The summed E-state index contributed by atoms with van der Waals surface area (Å²) < 4.78 is 13.3. The van der Waals surface area contributed by atoms with Crippen LogP contribution in [0.1, 0.15) is 35.8 Å². The Kier molecular flexibility index (Phi) is 5.18. The van der Waals surface area contributed by atoms with Crippen LogP contribution in [0, 0.1) is 0 Å². The van der Waals surface area contributed by atoms with Gasteiger partial charge in [-0.15, -0.1) is 0 Å². The summed E-state index contributed by atoms with van der Waals surface area (Å²) in [6, 6.07) is 8.66. The van der Waals surface area contributed by atoms with Gasteiger partial charge in [-0.05, 0) is 25.0 Å². The van der Waals surface area contributed by atoms with Crippen molar-refractivity contribution in [1.29, 1.82) is 0 Å². The number of anilines is 1. The quantitative estimate of drug-likeness (QED) is 0.732. The van der Waals surface area contributed by atoms with Gasteiger partial charge in [-0.3, -0.25) is 9.00 Å². The first kappa shape index (κ1) is 17.2. The van der Waals surface area contributed by atoms with Gasteiger partial charge in [0.05, 0.1) is 21.3 Å². The Morgan fingerprint density at radius 1 is 1.32 bits per heavy atom. The first-order chi connectivity index (χ1) is 12.1. The molecule has 0 radical (unpaired) electrons. The van der Waals surface area contributed by atoms with Crippen molar-refractivity contribution in [2.45, 2.75) is 31.1 Å². The van der Waals surface area contributed by atoms with Gasteiger partial charge in [0.15, 0.2) is 0 Å². The number of hydrogen-bond donors (Lipinski definition) is 1. The highest BCUT2D eigenvalue weighted by molar-refractivity contribution is 7.84. The molecular weight excluding hydrogens is 338 g/mol. The van der Waals surface area contributed by atoms with E-state index in [0.29, 0.717) is 22.1 Å². The van der Waals surface area contributed by atoms with E-state index in [1.165, 1.54) is 10.8 Å². The molecule has 1 N–H and O–H groups in total. The van der Waals surface area contributed by atoms with Crippen LogP contribution >= 0.6 is 0 Å². The lowest BCUT2D eigenvalue weighted by atomic mass is 10.2. The second-order valence-corrected chi connectivity index (χ2v) is 6.96. The lowest BCUT2D eigenvalue weighted by Crippen LogP contribution is -2.17. The van der Waals surface area contributed by atoms with Gasteiger partial charge in [0, 0.05) is 18.0 Å². The molecule has 0 aliphatic heterocycles. The molecule has 0 saturated carbocycles. The molecule has 1 atom stereocenters. The summed E-state index contributed by atoms with van der Waals surface area (Å²) in [7, 11) is -1.26. The Hall–Kier alpha value is -2.61. The Morgan fingerprint density at radius 2 is 2.12 bits per heavy atom. The number of fused-ring (bicyclic) bond motifs is 1. The first-order valence-electron chi connectivity index (χ1n) is 8.03. The standard InChI is InChI=1S/C17H19N5O2S/c1-3-4-7-12-10-15(22-17(20-12)18-11-19-22)21-16(23)13-8-5-6-9-14(13)25(2)24/h5-6,8-11H,3-4,7H2,1-2H3,(H,21,23). The van der Waals surface area contributed by atoms with Gasteiger partial charge in [-0.25, -0.2) is 4.98 Å². The van der Waals surface area contributed by atoms with Gasteiger partial charge < -0.3 is 5.32 Å². The largest absolute Gasteiger partial charge is 0.306 e. The van der Waals surface area contributed by atoms with Crippen molar-refractivity contribution in [2.75, 3.05) is 11.6 Å². The van der Waals surface area contributed by atoms with E-state index in [1.54, 1.807) is 36.6 Å². The van der Waals surface area contributed by atoms with E-state index < -0.39 is 10.8 Å². The Balaban J connectivity index is 1.96. The number of carbonyl (C=O) groups is 1.